The van der Waals surface area contributed by atoms with Crippen LogP contribution in [0, 0.1) is 17.8 Å². The van der Waals surface area contributed by atoms with Crippen LogP contribution in [0.2, 0.25) is 0 Å². The summed E-state index contributed by atoms with van der Waals surface area (Å²) >= 11 is 0. The molecule has 0 amide bonds. The van der Waals surface area contributed by atoms with Crippen molar-refractivity contribution in [3.8, 4) is 11.5 Å². The Morgan fingerprint density at radius 1 is 1.12 bits per heavy atom. The first-order valence-electron chi connectivity index (χ1n) is 9.23. The molecule has 24 heavy (non-hydrogen) atoms. The summed E-state index contributed by atoms with van der Waals surface area (Å²) in [5.74, 6) is 0.812. The van der Waals surface area contributed by atoms with E-state index < -0.39 is 12.0 Å². The molecule has 1 fully saturated rings. The summed E-state index contributed by atoms with van der Waals surface area (Å²) in [6, 6.07) is 5.24. The normalized spacial score (nSPS) is 28.5. The molecule has 1 saturated carbocycles. The second kappa shape index (κ2) is 8.17. The van der Waals surface area contributed by atoms with Gasteiger partial charge in [-0.3, -0.25) is 0 Å². The lowest BCUT2D eigenvalue weighted by Gasteiger charge is -2.37. The molecule has 3 rings (SSSR count). The molecule has 0 saturated heterocycles. The van der Waals surface area contributed by atoms with Crippen LogP contribution in [0.4, 0.5) is 8.78 Å². The van der Waals surface area contributed by atoms with E-state index in [9.17, 15) is 8.78 Å². The Labute approximate surface area is 144 Å². The molecule has 0 bridgehead atoms. The highest BCUT2D eigenvalue weighted by Crippen LogP contribution is 2.47. The van der Waals surface area contributed by atoms with Crippen molar-refractivity contribution in [1.82, 2.24) is 0 Å². The third kappa shape index (κ3) is 4.20. The van der Waals surface area contributed by atoms with Gasteiger partial charge in [0.2, 0.25) is 0 Å². The number of halogens is 2. The first kappa shape index (κ1) is 19.0. The van der Waals surface area contributed by atoms with Crippen molar-refractivity contribution in [3.05, 3.63) is 23.8 Å². The summed E-state index contributed by atoms with van der Waals surface area (Å²) in [6.45, 7) is 6.22. The average Bonchev–Trinajstić information content (AvgIpc) is 2.79. The van der Waals surface area contributed by atoms with Crippen molar-refractivity contribution in [2.75, 3.05) is 7.11 Å². The van der Waals surface area contributed by atoms with Crippen molar-refractivity contribution in [2.24, 2.45) is 17.8 Å². The van der Waals surface area contributed by atoms with Gasteiger partial charge in [-0.05, 0) is 42.7 Å². The van der Waals surface area contributed by atoms with E-state index in [4.69, 9.17) is 9.47 Å². The van der Waals surface area contributed by atoms with Crippen LogP contribution >= 0.6 is 0 Å². The molecule has 3 atom stereocenters. The Balaban J connectivity index is 0.00000100. The first-order valence-corrected chi connectivity index (χ1v) is 9.23. The van der Waals surface area contributed by atoms with Gasteiger partial charge < -0.3 is 9.47 Å². The zero-order valence-corrected chi connectivity index (χ0v) is 15.3. The van der Waals surface area contributed by atoms with Crippen LogP contribution in [0.25, 0.3) is 0 Å². The highest BCUT2D eigenvalue weighted by Gasteiger charge is 2.49. The van der Waals surface area contributed by atoms with Gasteiger partial charge in [-0.15, -0.1) is 0 Å². The van der Waals surface area contributed by atoms with Crippen LogP contribution in [0.3, 0.4) is 0 Å². The molecule has 0 N–H and O–H groups in total. The topological polar surface area (TPSA) is 18.5 Å². The Kier molecular flexibility index (Phi) is 6.47. The van der Waals surface area contributed by atoms with Gasteiger partial charge >= 0.3 is 6.11 Å². The van der Waals surface area contributed by atoms with E-state index in [1.165, 1.54) is 7.11 Å². The standard InChI is InChI=1S/C18H24F2O2.C2H6/c1-12-4-3-5-13(7-6-12)16-10-14-8-9-15(21-2)11-17(14)22-18(16,19)20;1-2/h8-9,11-13,16H,3-7,10H2,1-2H3;1-2H3. The molecule has 0 radical (unpaired) electrons. The SMILES string of the molecule is CC.COc1ccc2c(c1)OC(F)(F)C(C1CCCC(C)CC1)C2. The molecular formula is C20H30F2O2. The van der Waals surface area contributed by atoms with Crippen molar-refractivity contribution in [3.63, 3.8) is 0 Å². The zero-order valence-electron chi connectivity index (χ0n) is 15.3. The number of ether oxygens (including phenoxy) is 2. The minimum Gasteiger partial charge on any atom is -0.497 e. The van der Waals surface area contributed by atoms with E-state index in [2.05, 4.69) is 6.92 Å². The fraction of sp³-hybridized carbons (Fsp3) is 0.700. The zero-order chi connectivity index (χ0) is 17.7. The number of fused-ring (bicyclic) bond motifs is 1. The lowest BCUT2D eigenvalue weighted by molar-refractivity contribution is -0.236. The van der Waals surface area contributed by atoms with E-state index in [-0.39, 0.29) is 11.7 Å². The summed E-state index contributed by atoms with van der Waals surface area (Å²) in [5, 5.41) is 0. The number of benzene rings is 1. The van der Waals surface area contributed by atoms with Crippen molar-refractivity contribution >= 4 is 0 Å². The molecule has 3 unspecified atom stereocenters. The predicted molar refractivity (Wildman–Crippen MR) is 92.9 cm³/mol. The number of rotatable bonds is 2. The van der Waals surface area contributed by atoms with Gasteiger partial charge in [-0.1, -0.05) is 46.1 Å². The number of hydrogen-bond acceptors (Lipinski definition) is 2. The van der Waals surface area contributed by atoms with E-state index in [1.54, 1.807) is 6.07 Å². The lowest BCUT2D eigenvalue weighted by atomic mass is 9.79. The Bertz CT molecular complexity index is 530. The molecule has 0 aromatic heterocycles. The quantitative estimate of drug-likeness (QED) is 0.607. The molecule has 1 aliphatic heterocycles. The minimum atomic E-state index is -3.09. The fourth-order valence-electron chi connectivity index (χ4n) is 3.86. The van der Waals surface area contributed by atoms with Crippen LogP contribution < -0.4 is 9.47 Å². The monoisotopic (exact) mass is 340 g/mol. The number of hydrogen-bond donors (Lipinski definition) is 0. The van der Waals surface area contributed by atoms with Gasteiger partial charge in [-0.2, -0.15) is 8.78 Å². The third-order valence-corrected chi connectivity index (χ3v) is 5.26. The molecule has 1 aliphatic carbocycles. The molecule has 0 spiro atoms. The van der Waals surface area contributed by atoms with Crippen LogP contribution in [0.1, 0.15) is 58.4 Å². The van der Waals surface area contributed by atoms with Gasteiger partial charge in [0.05, 0.1) is 13.0 Å². The average molecular weight is 340 g/mol. The maximum Gasteiger partial charge on any atom is 0.401 e. The van der Waals surface area contributed by atoms with Gasteiger partial charge in [0.15, 0.2) is 0 Å². The van der Waals surface area contributed by atoms with Gasteiger partial charge in [0.1, 0.15) is 11.5 Å². The Morgan fingerprint density at radius 3 is 2.58 bits per heavy atom. The summed E-state index contributed by atoms with van der Waals surface area (Å²) in [6.07, 6.45) is 2.34. The smallest absolute Gasteiger partial charge is 0.401 e. The van der Waals surface area contributed by atoms with Crippen LogP contribution in [0.5, 0.6) is 11.5 Å². The van der Waals surface area contributed by atoms with Crippen molar-refractivity contribution in [1.29, 1.82) is 0 Å². The highest BCUT2D eigenvalue weighted by molar-refractivity contribution is 5.42. The second-order valence-electron chi connectivity index (χ2n) is 6.82. The maximum absolute atomic E-state index is 14.5. The van der Waals surface area contributed by atoms with E-state index in [0.717, 1.165) is 37.7 Å². The third-order valence-electron chi connectivity index (χ3n) is 5.26. The molecule has 1 aromatic carbocycles. The molecule has 136 valence electrons. The Morgan fingerprint density at radius 2 is 1.88 bits per heavy atom. The number of methoxy groups -OCH3 is 1. The van der Waals surface area contributed by atoms with Gasteiger partial charge in [0.25, 0.3) is 0 Å². The molecule has 2 nitrogen and oxygen atoms in total. The van der Waals surface area contributed by atoms with Crippen LogP contribution in [-0.2, 0) is 6.42 Å². The lowest BCUT2D eigenvalue weighted by Crippen LogP contribution is -2.43. The van der Waals surface area contributed by atoms with E-state index in [0.29, 0.717) is 18.1 Å². The summed E-state index contributed by atoms with van der Waals surface area (Å²) in [5.41, 5.74) is 0.869. The van der Waals surface area contributed by atoms with E-state index >= 15 is 0 Å². The van der Waals surface area contributed by atoms with Gasteiger partial charge in [-0.25, -0.2) is 0 Å². The van der Waals surface area contributed by atoms with Crippen LogP contribution in [0.15, 0.2) is 18.2 Å². The Hall–Kier alpha value is -1.32. The summed E-state index contributed by atoms with van der Waals surface area (Å²) in [7, 11) is 1.53. The fourth-order valence-corrected chi connectivity index (χ4v) is 3.86. The van der Waals surface area contributed by atoms with Gasteiger partial charge in [0, 0.05) is 6.07 Å². The summed E-state index contributed by atoms with van der Waals surface area (Å²) in [4.78, 5) is 0. The minimum absolute atomic E-state index is 0.0511. The molecule has 1 heterocycles. The molecular weight excluding hydrogens is 310 g/mol. The molecule has 4 heteroatoms. The second-order valence-corrected chi connectivity index (χ2v) is 6.82. The maximum atomic E-state index is 14.5. The van der Waals surface area contributed by atoms with Crippen molar-refractivity contribution in [2.45, 2.75) is 65.4 Å². The predicted octanol–water partition coefficient (Wildman–Crippen LogP) is 6.08. The largest absolute Gasteiger partial charge is 0.497 e. The van der Waals surface area contributed by atoms with E-state index in [1.807, 2.05) is 26.0 Å². The van der Waals surface area contributed by atoms with Crippen molar-refractivity contribution < 1.29 is 18.3 Å². The molecule has 1 aromatic rings. The van der Waals surface area contributed by atoms with Crippen LogP contribution in [-0.4, -0.2) is 13.2 Å². The summed E-state index contributed by atoms with van der Waals surface area (Å²) < 4.78 is 39.2. The number of alkyl halides is 2. The molecule has 2 aliphatic rings. The highest BCUT2D eigenvalue weighted by atomic mass is 19.3. The first-order chi connectivity index (χ1) is 11.5.